The summed E-state index contributed by atoms with van der Waals surface area (Å²) < 4.78 is 13.2. The molecule has 0 fully saturated rings. The fourth-order valence-electron chi connectivity index (χ4n) is 1.94. The quantitative estimate of drug-likeness (QED) is 0.829. The van der Waals surface area contributed by atoms with E-state index in [2.05, 4.69) is 37.4 Å². The maximum atomic E-state index is 13.2. The molecule has 94 valence electrons. The van der Waals surface area contributed by atoms with Gasteiger partial charge in [0.25, 0.3) is 0 Å². The molecule has 0 amide bonds. The minimum absolute atomic E-state index is 0.0859. The number of halogens is 1. The summed E-state index contributed by atoms with van der Waals surface area (Å²) in [6.45, 7) is 6.21. The summed E-state index contributed by atoms with van der Waals surface area (Å²) in [7, 11) is 0. The van der Waals surface area contributed by atoms with E-state index in [1.54, 1.807) is 12.1 Å². The SMILES string of the molecule is Cc1ccc(NC(C)c2cccc(F)c2)cc1C. The molecule has 1 N–H and O–H groups in total. The molecule has 2 aromatic carbocycles. The largest absolute Gasteiger partial charge is 0.379 e. The Bertz CT molecular complexity index is 549. The van der Waals surface area contributed by atoms with Crippen LogP contribution in [-0.4, -0.2) is 0 Å². The van der Waals surface area contributed by atoms with Gasteiger partial charge in [-0.05, 0) is 61.7 Å². The summed E-state index contributed by atoms with van der Waals surface area (Å²) in [5.74, 6) is -0.193. The van der Waals surface area contributed by atoms with Crippen molar-refractivity contribution in [2.75, 3.05) is 5.32 Å². The normalized spacial score (nSPS) is 12.2. The molecule has 0 radical (unpaired) electrons. The van der Waals surface area contributed by atoms with Gasteiger partial charge in [-0.3, -0.25) is 0 Å². The molecule has 0 bridgehead atoms. The Morgan fingerprint density at radius 2 is 1.78 bits per heavy atom. The Hall–Kier alpha value is -1.83. The Balaban J connectivity index is 2.16. The molecule has 1 unspecified atom stereocenters. The zero-order valence-electron chi connectivity index (χ0n) is 11.0. The summed E-state index contributed by atoms with van der Waals surface area (Å²) in [5, 5.41) is 3.39. The molecule has 0 spiro atoms. The van der Waals surface area contributed by atoms with Gasteiger partial charge in [-0.1, -0.05) is 18.2 Å². The van der Waals surface area contributed by atoms with Gasteiger partial charge in [0.15, 0.2) is 0 Å². The molecule has 2 aromatic rings. The second-order valence-electron chi connectivity index (χ2n) is 4.72. The van der Waals surface area contributed by atoms with Crippen molar-refractivity contribution in [3.63, 3.8) is 0 Å². The van der Waals surface area contributed by atoms with Crippen molar-refractivity contribution in [3.05, 3.63) is 65.0 Å². The average molecular weight is 243 g/mol. The molecule has 2 rings (SSSR count). The molecule has 0 saturated heterocycles. The highest BCUT2D eigenvalue weighted by molar-refractivity contribution is 5.49. The fraction of sp³-hybridized carbons (Fsp3) is 0.250. The summed E-state index contributed by atoms with van der Waals surface area (Å²) in [6.07, 6.45) is 0. The van der Waals surface area contributed by atoms with Crippen molar-refractivity contribution in [2.24, 2.45) is 0 Å². The van der Waals surface area contributed by atoms with Gasteiger partial charge in [-0.2, -0.15) is 0 Å². The molecule has 0 saturated carbocycles. The van der Waals surface area contributed by atoms with Crippen LogP contribution in [0.3, 0.4) is 0 Å². The van der Waals surface area contributed by atoms with Crippen LogP contribution in [0.1, 0.15) is 29.7 Å². The lowest BCUT2D eigenvalue weighted by atomic mass is 10.1. The smallest absolute Gasteiger partial charge is 0.123 e. The van der Waals surface area contributed by atoms with Crippen LogP contribution in [0.25, 0.3) is 0 Å². The maximum absolute atomic E-state index is 13.2. The minimum atomic E-state index is -0.193. The highest BCUT2D eigenvalue weighted by atomic mass is 19.1. The minimum Gasteiger partial charge on any atom is -0.379 e. The Kier molecular flexibility index (Phi) is 3.66. The fourth-order valence-corrected chi connectivity index (χ4v) is 1.94. The molecule has 1 nitrogen and oxygen atoms in total. The molecular weight excluding hydrogens is 225 g/mol. The first-order valence-electron chi connectivity index (χ1n) is 6.15. The Morgan fingerprint density at radius 3 is 2.44 bits per heavy atom. The monoisotopic (exact) mass is 243 g/mol. The molecule has 0 aliphatic rings. The number of benzene rings is 2. The van der Waals surface area contributed by atoms with Crippen molar-refractivity contribution in [1.29, 1.82) is 0 Å². The predicted octanol–water partition coefficient (Wildman–Crippen LogP) is 4.62. The third-order valence-electron chi connectivity index (χ3n) is 3.24. The third kappa shape index (κ3) is 2.89. The predicted molar refractivity (Wildman–Crippen MR) is 74.4 cm³/mol. The second-order valence-corrected chi connectivity index (χ2v) is 4.72. The van der Waals surface area contributed by atoms with Gasteiger partial charge in [0, 0.05) is 11.7 Å². The lowest BCUT2D eigenvalue weighted by Gasteiger charge is -2.16. The lowest BCUT2D eigenvalue weighted by Crippen LogP contribution is -2.07. The second kappa shape index (κ2) is 5.21. The van der Waals surface area contributed by atoms with Crippen molar-refractivity contribution < 1.29 is 4.39 Å². The highest BCUT2D eigenvalue weighted by Crippen LogP contribution is 2.21. The summed E-state index contributed by atoms with van der Waals surface area (Å²) in [6, 6.07) is 13.1. The molecular formula is C16H18FN. The Morgan fingerprint density at radius 1 is 1.00 bits per heavy atom. The third-order valence-corrected chi connectivity index (χ3v) is 3.24. The number of rotatable bonds is 3. The molecule has 2 heteroatoms. The van der Waals surface area contributed by atoms with Gasteiger partial charge >= 0.3 is 0 Å². The summed E-state index contributed by atoms with van der Waals surface area (Å²) >= 11 is 0. The summed E-state index contributed by atoms with van der Waals surface area (Å²) in [5.41, 5.74) is 4.55. The van der Waals surface area contributed by atoms with Crippen LogP contribution in [-0.2, 0) is 0 Å². The zero-order valence-corrected chi connectivity index (χ0v) is 11.0. The van der Waals surface area contributed by atoms with Gasteiger partial charge < -0.3 is 5.32 Å². The molecule has 0 heterocycles. The van der Waals surface area contributed by atoms with Crippen molar-refractivity contribution in [2.45, 2.75) is 26.8 Å². The van der Waals surface area contributed by atoms with Gasteiger partial charge in [0.2, 0.25) is 0 Å². The van der Waals surface area contributed by atoms with E-state index in [-0.39, 0.29) is 11.9 Å². The van der Waals surface area contributed by atoms with E-state index in [4.69, 9.17) is 0 Å². The van der Waals surface area contributed by atoms with E-state index in [1.165, 1.54) is 17.2 Å². The number of anilines is 1. The lowest BCUT2D eigenvalue weighted by molar-refractivity contribution is 0.623. The number of nitrogens with one attached hydrogen (secondary N) is 1. The molecule has 0 aliphatic carbocycles. The molecule has 18 heavy (non-hydrogen) atoms. The van der Waals surface area contributed by atoms with E-state index in [9.17, 15) is 4.39 Å². The van der Waals surface area contributed by atoms with Crippen LogP contribution in [0.15, 0.2) is 42.5 Å². The van der Waals surface area contributed by atoms with Crippen LogP contribution in [0.4, 0.5) is 10.1 Å². The number of aryl methyl sites for hydroxylation is 2. The van der Waals surface area contributed by atoms with Crippen LogP contribution < -0.4 is 5.32 Å². The number of hydrogen-bond donors (Lipinski definition) is 1. The standard InChI is InChI=1S/C16H18FN/c1-11-7-8-16(9-12(11)2)18-13(3)14-5-4-6-15(17)10-14/h4-10,13,18H,1-3H3. The highest BCUT2D eigenvalue weighted by Gasteiger charge is 2.06. The van der Waals surface area contributed by atoms with Crippen LogP contribution in [0.2, 0.25) is 0 Å². The van der Waals surface area contributed by atoms with Crippen molar-refractivity contribution >= 4 is 5.69 Å². The topological polar surface area (TPSA) is 12.0 Å². The zero-order chi connectivity index (χ0) is 13.1. The van der Waals surface area contributed by atoms with Gasteiger partial charge in [0.05, 0.1) is 0 Å². The van der Waals surface area contributed by atoms with Gasteiger partial charge in [-0.15, -0.1) is 0 Å². The van der Waals surface area contributed by atoms with Gasteiger partial charge in [-0.25, -0.2) is 4.39 Å². The van der Waals surface area contributed by atoms with E-state index in [0.29, 0.717) is 0 Å². The molecule has 0 aliphatic heterocycles. The first kappa shape index (κ1) is 12.6. The number of hydrogen-bond acceptors (Lipinski definition) is 1. The summed E-state index contributed by atoms with van der Waals surface area (Å²) in [4.78, 5) is 0. The van der Waals surface area contributed by atoms with E-state index in [1.807, 2.05) is 13.0 Å². The van der Waals surface area contributed by atoms with Crippen LogP contribution >= 0.6 is 0 Å². The van der Waals surface area contributed by atoms with Gasteiger partial charge in [0.1, 0.15) is 5.82 Å². The van der Waals surface area contributed by atoms with Crippen LogP contribution in [0.5, 0.6) is 0 Å². The molecule has 0 aromatic heterocycles. The van der Waals surface area contributed by atoms with Crippen molar-refractivity contribution in [1.82, 2.24) is 0 Å². The van der Waals surface area contributed by atoms with E-state index in [0.717, 1.165) is 11.3 Å². The first-order chi connectivity index (χ1) is 8.56. The Labute approximate surface area is 108 Å². The first-order valence-corrected chi connectivity index (χ1v) is 6.15. The maximum Gasteiger partial charge on any atom is 0.123 e. The molecule has 1 atom stereocenters. The van der Waals surface area contributed by atoms with Crippen LogP contribution in [0, 0.1) is 19.7 Å². The van der Waals surface area contributed by atoms with E-state index >= 15 is 0 Å². The average Bonchev–Trinajstić information content (AvgIpc) is 2.34. The van der Waals surface area contributed by atoms with E-state index < -0.39 is 0 Å². The van der Waals surface area contributed by atoms with Crippen molar-refractivity contribution in [3.8, 4) is 0 Å².